The number of nitrogens with zero attached hydrogens (tertiary/aromatic N) is 3. The molecule has 1 spiro atoms. The highest BCUT2D eigenvalue weighted by Crippen LogP contribution is 2.44. The molecule has 4 nitrogen and oxygen atoms in total. The molecule has 0 saturated carbocycles. The molecule has 158 valence electrons. The van der Waals surface area contributed by atoms with Crippen molar-refractivity contribution in [1.82, 2.24) is 14.7 Å². The van der Waals surface area contributed by atoms with Crippen LogP contribution in [0.3, 0.4) is 0 Å². The summed E-state index contributed by atoms with van der Waals surface area (Å²) >= 11 is 0. The van der Waals surface area contributed by atoms with Gasteiger partial charge in [0.05, 0.1) is 29.8 Å². The smallest absolute Gasteiger partial charge is 0.0963 e. The topological polar surface area (TPSA) is 30.3 Å². The third kappa shape index (κ3) is 3.35. The Hall–Kier alpha value is -2.69. The van der Waals surface area contributed by atoms with Gasteiger partial charge in [-0.3, -0.25) is 4.90 Å². The number of aromatic nitrogens is 2. The fourth-order valence-corrected chi connectivity index (χ4v) is 5.60. The van der Waals surface area contributed by atoms with Gasteiger partial charge in [0.15, 0.2) is 0 Å². The maximum atomic E-state index is 6.33. The molecule has 0 unspecified atom stereocenters. The molecule has 1 saturated heterocycles. The van der Waals surface area contributed by atoms with Crippen LogP contribution in [-0.2, 0) is 23.4 Å². The zero-order valence-corrected chi connectivity index (χ0v) is 18.0. The predicted molar refractivity (Wildman–Crippen MR) is 123 cm³/mol. The van der Waals surface area contributed by atoms with E-state index < -0.39 is 0 Å². The zero-order valence-electron chi connectivity index (χ0n) is 18.0. The molecule has 0 radical (unpaired) electrons. The average Bonchev–Trinajstić information content (AvgIpc) is 3.42. The van der Waals surface area contributed by atoms with Crippen LogP contribution in [0.4, 0.5) is 0 Å². The first-order valence-electron chi connectivity index (χ1n) is 11.6. The molecule has 0 atom stereocenters. The lowest BCUT2D eigenvalue weighted by Crippen LogP contribution is -2.42. The van der Waals surface area contributed by atoms with Gasteiger partial charge in [0, 0.05) is 25.2 Å². The molecule has 31 heavy (non-hydrogen) atoms. The summed E-state index contributed by atoms with van der Waals surface area (Å²) in [7, 11) is 0. The minimum absolute atomic E-state index is 0.0466. The van der Waals surface area contributed by atoms with Gasteiger partial charge in [-0.1, -0.05) is 48.5 Å². The number of rotatable bonds is 3. The summed E-state index contributed by atoms with van der Waals surface area (Å²) in [4.78, 5) is 2.58. The number of piperidine rings is 1. The molecule has 0 bridgehead atoms. The van der Waals surface area contributed by atoms with E-state index in [1.165, 1.54) is 34.4 Å². The van der Waals surface area contributed by atoms with E-state index in [4.69, 9.17) is 9.84 Å². The first-order chi connectivity index (χ1) is 15.3. The standard InChI is InChI=1S/C27H29N3O/c1-2-9-23(10-3-1)30-26-12-6-8-21(24(26)19-28-30)13-16-29-17-14-27(15-18-29)25-11-5-4-7-22(25)20-31-27/h1-5,7,9-11,13,19H,6,8,12,14-18,20H2/b21-13+. The van der Waals surface area contributed by atoms with Crippen LogP contribution in [0.25, 0.3) is 11.3 Å². The summed E-state index contributed by atoms with van der Waals surface area (Å²) in [6, 6.07) is 19.3. The Bertz CT molecular complexity index is 1110. The van der Waals surface area contributed by atoms with E-state index in [0.717, 1.165) is 57.6 Å². The van der Waals surface area contributed by atoms with Gasteiger partial charge in [-0.25, -0.2) is 4.68 Å². The maximum absolute atomic E-state index is 6.33. The second-order valence-corrected chi connectivity index (χ2v) is 9.08. The third-order valence-corrected chi connectivity index (χ3v) is 7.35. The van der Waals surface area contributed by atoms with Crippen molar-refractivity contribution < 1.29 is 4.74 Å². The lowest BCUT2D eigenvalue weighted by molar-refractivity contribution is -0.0773. The second-order valence-electron chi connectivity index (χ2n) is 9.08. The molecular weight excluding hydrogens is 382 g/mol. The summed E-state index contributed by atoms with van der Waals surface area (Å²) in [6.07, 6.45) is 10.2. The molecule has 0 amide bonds. The van der Waals surface area contributed by atoms with Crippen molar-refractivity contribution in [2.75, 3.05) is 19.6 Å². The van der Waals surface area contributed by atoms with Crippen molar-refractivity contribution in [3.8, 4) is 5.69 Å². The number of ether oxygens (including phenoxy) is 1. The highest BCUT2D eigenvalue weighted by atomic mass is 16.5. The van der Waals surface area contributed by atoms with Crippen LogP contribution in [0.2, 0.25) is 0 Å². The third-order valence-electron chi connectivity index (χ3n) is 7.35. The normalized spacial score (nSPS) is 21.4. The monoisotopic (exact) mass is 411 g/mol. The summed E-state index contributed by atoms with van der Waals surface area (Å²) in [5.74, 6) is 0. The number of para-hydroxylation sites is 1. The number of likely N-dealkylation sites (tertiary alicyclic amines) is 1. The number of hydrogen-bond acceptors (Lipinski definition) is 3. The summed E-state index contributed by atoms with van der Waals surface area (Å²) in [5.41, 5.74) is 8.08. The molecule has 3 aromatic rings. The first kappa shape index (κ1) is 19.0. The highest BCUT2D eigenvalue weighted by molar-refractivity contribution is 5.69. The van der Waals surface area contributed by atoms with Gasteiger partial charge in [-0.15, -0.1) is 0 Å². The van der Waals surface area contributed by atoms with E-state index in [-0.39, 0.29) is 5.60 Å². The molecule has 3 heterocycles. The predicted octanol–water partition coefficient (Wildman–Crippen LogP) is 5.11. The van der Waals surface area contributed by atoms with E-state index in [1.54, 1.807) is 0 Å². The number of benzene rings is 2. The Labute approximate surface area is 184 Å². The number of allylic oxidation sites excluding steroid dienone is 1. The molecule has 2 aromatic carbocycles. The van der Waals surface area contributed by atoms with Crippen molar-refractivity contribution in [1.29, 1.82) is 0 Å². The highest BCUT2D eigenvalue weighted by Gasteiger charge is 2.42. The van der Waals surface area contributed by atoms with E-state index >= 15 is 0 Å². The minimum atomic E-state index is -0.0466. The minimum Gasteiger partial charge on any atom is -0.365 e. The van der Waals surface area contributed by atoms with Crippen molar-refractivity contribution in [2.45, 2.75) is 44.3 Å². The van der Waals surface area contributed by atoms with Crippen molar-refractivity contribution in [2.24, 2.45) is 0 Å². The molecule has 6 rings (SSSR count). The lowest BCUT2D eigenvalue weighted by atomic mass is 9.84. The Kier molecular flexibility index (Phi) is 4.77. The SMILES string of the molecule is C(/CN1CCC2(CC1)OCc1ccccc12)=C1/CCCc2c1cnn2-c1ccccc1. The van der Waals surface area contributed by atoms with E-state index in [0.29, 0.717) is 0 Å². The Morgan fingerprint density at radius 3 is 2.65 bits per heavy atom. The van der Waals surface area contributed by atoms with Crippen LogP contribution in [0.5, 0.6) is 0 Å². The molecule has 4 heteroatoms. The quantitative estimate of drug-likeness (QED) is 0.600. The Morgan fingerprint density at radius 1 is 0.968 bits per heavy atom. The molecule has 1 fully saturated rings. The summed E-state index contributed by atoms with van der Waals surface area (Å²) in [6.45, 7) is 3.97. The van der Waals surface area contributed by atoms with E-state index in [1.807, 2.05) is 0 Å². The van der Waals surface area contributed by atoms with Gasteiger partial charge in [0.2, 0.25) is 0 Å². The van der Waals surface area contributed by atoms with Crippen molar-refractivity contribution in [3.05, 3.63) is 89.3 Å². The largest absolute Gasteiger partial charge is 0.365 e. The van der Waals surface area contributed by atoms with Gasteiger partial charge in [0.1, 0.15) is 0 Å². The molecule has 1 aliphatic carbocycles. The maximum Gasteiger partial charge on any atom is 0.0963 e. The van der Waals surface area contributed by atoms with Crippen LogP contribution in [0, 0.1) is 0 Å². The lowest BCUT2D eigenvalue weighted by Gasteiger charge is -2.39. The van der Waals surface area contributed by atoms with Crippen LogP contribution in [-0.4, -0.2) is 34.3 Å². The van der Waals surface area contributed by atoms with Crippen LogP contribution < -0.4 is 0 Å². The van der Waals surface area contributed by atoms with Gasteiger partial charge in [-0.2, -0.15) is 5.10 Å². The summed E-state index contributed by atoms with van der Waals surface area (Å²) < 4.78 is 8.46. The van der Waals surface area contributed by atoms with E-state index in [2.05, 4.69) is 76.5 Å². The van der Waals surface area contributed by atoms with Crippen LogP contribution in [0.1, 0.15) is 48.1 Å². The Morgan fingerprint density at radius 2 is 1.77 bits per heavy atom. The van der Waals surface area contributed by atoms with Gasteiger partial charge in [0.25, 0.3) is 0 Å². The second kappa shape index (κ2) is 7.77. The van der Waals surface area contributed by atoms with Crippen molar-refractivity contribution >= 4 is 5.57 Å². The summed E-state index contributed by atoms with van der Waals surface area (Å²) in [5, 5.41) is 4.73. The first-order valence-corrected chi connectivity index (χ1v) is 11.6. The number of hydrogen-bond donors (Lipinski definition) is 0. The van der Waals surface area contributed by atoms with Gasteiger partial charge >= 0.3 is 0 Å². The van der Waals surface area contributed by atoms with Crippen LogP contribution in [0.15, 0.2) is 66.9 Å². The fourth-order valence-electron chi connectivity index (χ4n) is 5.60. The fraction of sp³-hybridized carbons (Fsp3) is 0.370. The molecule has 3 aliphatic rings. The van der Waals surface area contributed by atoms with Gasteiger partial charge in [-0.05, 0) is 60.9 Å². The van der Waals surface area contributed by atoms with E-state index in [9.17, 15) is 0 Å². The zero-order chi connectivity index (χ0) is 20.7. The molecule has 1 aromatic heterocycles. The van der Waals surface area contributed by atoms with Gasteiger partial charge < -0.3 is 4.74 Å². The van der Waals surface area contributed by atoms with Crippen molar-refractivity contribution in [3.63, 3.8) is 0 Å². The van der Waals surface area contributed by atoms with Crippen LogP contribution >= 0.6 is 0 Å². The average molecular weight is 412 g/mol. The molecule has 2 aliphatic heterocycles. The molecular formula is C27H29N3O. The Balaban J connectivity index is 1.16. The molecule has 0 N–H and O–H groups in total. The number of fused-ring (bicyclic) bond motifs is 3.